The molecule has 170 valence electrons. The Morgan fingerprint density at radius 2 is 1.72 bits per heavy atom. The van der Waals surface area contributed by atoms with Gasteiger partial charge < -0.3 is 10.2 Å². The number of hydrogen-bond acceptors (Lipinski definition) is 6. The normalized spacial score (nSPS) is 11.0. The molecule has 7 nitrogen and oxygen atoms in total. The van der Waals surface area contributed by atoms with Gasteiger partial charge in [-0.3, -0.25) is 14.9 Å². The molecule has 0 saturated carbocycles. The Bertz CT molecular complexity index is 1130. The van der Waals surface area contributed by atoms with Crippen LogP contribution >= 0.6 is 11.3 Å². The molecule has 1 aromatic heterocycles. The van der Waals surface area contributed by atoms with E-state index in [1.54, 1.807) is 0 Å². The number of non-ortho nitro benzene ring substituents is 1. The Kier molecular flexibility index (Phi) is 7.45. The first-order valence-electron chi connectivity index (χ1n) is 10.9. The number of carbonyl (C=O) groups is 1. The van der Waals surface area contributed by atoms with Crippen molar-refractivity contribution < 1.29 is 9.72 Å². The van der Waals surface area contributed by atoms with E-state index in [2.05, 4.69) is 29.4 Å². The number of nitrogens with zero attached hydrogens (tertiary/aromatic N) is 3. The second-order valence-corrected chi connectivity index (χ2v) is 9.18. The van der Waals surface area contributed by atoms with Crippen LogP contribution in [0.4, 0.5) is 16.5 Å². The van der Waals surface area contributed by atoms with E-state index in [4.69, 9.17) is 0 Å². The Labute approximate surface area is 192 Å². The molecule has 0 saturated heterocycles. The topological polar surface area (TPSA) is 88.4 Å². The molecule has 3 aromatic rings. The van der Waals surface area contributed by atoms with Crippen molar-refractivity contribution in [3.05, 3.63) is 56.6 Å². The van der Waals surface area contributed by atoms with Gasteiger partial charge in [-0.15, -0.1) is 0 Å². The highest BCUT2D eigenvalue weighted by atomic mass is 32.1. The second kappa shape index (κ2) is 10.1. The fourth-order valence-corrected chi connectivity index (χ4v) is 5.00. The maximum atomic E-state index is 13.0. The SMILES string of the molecule is CCCN(CCC)C(=O)Cc1cc([N+](=O)[O-])cc2nc(Nc3c(C)cc(C)cc3C)sc12. The highest BCUT2D eigenvalue weighted by molar-refractivity contribution is 7.22. The minimum atomic E-state index is -0.427. The maximum absolute atomic E-state index is 13.0. The van der Waals surface area contributed by atoms with Crippen LogP contribution in [0.2, 0.25) is 0 Å². The van der Waals surface area contributed by atoms with Crippen molar-refractivity contribution in [3.8, 4) is 0 Å². The molecule has 0 aliphatic heterocycles. The van der Waals surface area contributed by atoms with Gasteiger partial charge in [0.2, 0.25) is 5.91 Å². The smallest absolute Gasteiger partial charge is 0.271 e. The summed E-state index contributed by atoms with van der Waals surface area (Å²) in [7, 11) is 0. The fourth-order valence-electron chi connectivity index (χ4n) is 4.04. The Hall–Kier alpha value is -3.00. The third kappa shape index (κ3) is 5.24. The first kappa shape index (κ1) is 23.7. The highest BCUT2D eigenvalue weighted by Crippen LogP contribution is 2.35. The number of nitro benzene ring substituents is 1. The van der Waals surface area contributed by atoms with Gasteiger partial charge in [0.15, 0.2) is 5.13 Å². The van der Waals surface area contributed by atoms with Crippen molar-refractivity contribution in [2.45, 2.75) is 53.9 Å². The predicted octanol–water partition coefficient (Wildman–Crippen LogP) is 6.06. The molecule has 1 heterocycles. The lowest BCUT2D eigenvalue weighted by Crippen LogP contribution is -2.33. The Morgan fingerprint density at radius 1 is 1.09 bits per heavy atom. The molecule has 0 atom stereocenters. The molecule has 3 rings (SSSR count). The lowest BCUT2D eigenvalue weighted by molar-refractivity contribution is -0.384. The van der Waals surface area contributed by atoms with Crippen molar-refractivity contribution in [2.75, 3.05) is 18.4 Å². The largest absolute Gasteiger partial charge is 0.342 e. The number of fused-ring (bicyclic) bond motifs is 1. The molecule has 0 bridgehead atoms. The third-order valence-electron chi connectivity index (χ3n) is 5.35. The van der Waals surface area contributed by atoms with Crippen LogP contribution in [0, 0.1) is 30.9 Å². The standard InChI is InChI=1S/C24H30N4O3S/c1-6-8-27(9-7-2)21(29)13-18-12-19(28(30)31)14-20-23(18)32-24(25-20)26-22-16(4)10-15(3)11-17(22)5/h10-12,14H,6-9,13H2,1-5H3,(H,25,26). The van der Waals surface area contributed by atoms with Gasteiger partial charge in [0, 0.05) is 30.9 Å². The van der Waals surface area contributed by atoms with Gasteiger partial charge >= 0.3 is 0 Å². The quantitative estimate of drug-likeness (QED) is 0.313. The zero-order valence-electron chi connectivity index (χ0n) is 19.3. The van der Waals surface area contributed by atoms with E-state index < -0.39 is 4.92 Å². The fraction of sp³-hybridized carbons (Fsp3) is 0.417. The van der Waals surface area contributed by atoms with E-state index in [-0.39, 0.29) is 18.0 Å². The van der Waals surface area contributed by atoms with E-state index in [1.165, 1.54) is 29.0 Å². The van der Waals surface area contributed by atoms with Gasteiger partial charge in [0.05, 0.1) is 21.6 Å². The number of aryl methyl sites for hydroxylation is 3. The van der Waals surface area contributed by atoms with E-state index in [9.17, 15) is 14.9 Å². The van der Waals surface area contributed by atoms with Crippen molar-refractivity contribution in [1.29, 1.82) is 0 Å². The zero-order valence-corrected chi connectivity index (χ0v) is 20.1. The molecule has 1 amide bonds. The summed E-state index contributed by atoms with van der Waals surface area (Å²) in [5.74, 6) is -0.0105. The van der Waals surface area contributed by atoms with Gasteiger partial charge in [-0.1, -0.05) is 42.9 Å². The number of nitro groups is 1. The molecule has 1 N–H and O–H groups in total. The number of benzene rings is 2. The van der Waals surface area contributed by atoms with Crippen molar-refractivity contribution in [1.82, 2.24) is 9.88 Å². The van der Waals surface area contributed by atoms with E-state index in [0.29, 0.717) is 29.3 Å². The lowest BCUT2D eigenvalue weighted by atomic mass is 10.1. The van der Waals surface area contributed by atoms with Crippen LogP contribution in [0.5, 0.6) is 0 Å². The molecule has 0 radical (unpaired) electrons. The Morgan fingerprint density at radius 3 is 2.28 bits per heavy atom. The number of hydrogen-bond donors (Lipinski definition) is 1. The first-order valence-corrected chi connectivity index (χ1v) is 11.8. The van der Waals surface area contributed by atoms with Crippen molar-refractivity contribution in [3.63, 3.8) is 0 Å². The molecule has 2 aromatic carbocycles. The number of aromatic nitrogens is 1. The van der Waals surface area contributed by atoms with Gasteiger partial charge in [-0.25, -0.2) is 4.98 Å². The summed E-state index contributed by atoms with van der Waals surface area (Å²) in [5, 5.41) is 15.6. The second-order valence-electron chi connectivity index (χ2n) is 8.19. The Balaban J connectivity index is 2.00. The molecule has 32 heavy (non-hydrogen) atoms. The van der Waals surface area contributed by atoms with E-state index in [1.807, 2.05) is 32.6 Å². The van der Waals surface area contributed by atoms with Gasteiger partial charge in [-0.2, -0.15) is 0 Å². The van der Waals surface area contributed by atoms with Gasteiger partial charge in [0.1, 0.15) is 0 Å². The van der Waals surface area contributed by atoms with E-state index in [0.717, 1.165) is 34.4 Å². The number of rotatable bonds is 9. The minimum Gasteiger partial charge on any atom is -0.342 e. The average molecular weight is 455 g/mol. The van der Waals surface area contributed by atoms with Crippen molar-refractivity contribution >= 4 is 44.0 Å². The van der Waals surface area contributed by atoms with Gasteiger partial charge in [-0.05, 0) is 50.3 Å². The summed E-state index contributed by atoms with van der Waals surface area (Å²) in [6.45, 7) is 11.6. The van der Waals surface area contributed by atoms with Crippen LogP contribution in [-0.4, -0.2) is 33.8 Å². The summed E-state index contributed by atoms with van der Waals surface area (Å²) in [6, 6.07) is 7.21. The third-order valence-corrected chi connectivity index (χ3v) is 6.42. The van der Waals surface area contributed by atoms with Crippen LogP contribution in [0.15, 0.2) is 24.3 Å². The maximum Gasteiger partial charge on any atom is 0.271 e. The monoisotopic (exact) mass is 454 g/mol. The molecular weight excluding hydrogens is 424 g/mol. The zero-order chi connectivity index (χ0) is 23.4. The van der Waals surface area contributed by atoms with Crippen LogP contribution in [0.25, 0.3) is 10.2 Å². The number of nitrogens with one attached hydrogen (secondary N) is 1. The summed E-state index contributed by atoms with van der Waals surface area (Å²) in [4.78, 5) is 30.5. The van der Waals surface area contributed by atoms with Crippen LogP contribution in [0.1, 0.15) is 48.9 Å². The first-order chi connectivity index (χ1) is 15.2. The number of anilines is 2. The molecule has 8 heteroatoms. The number of amides is 1. The summed E-state index contributed by atoms with van der Waals surface area (Å²) in [6.07, 6.45) is 1.88. The number of carbonyl (C=O) groups excluding carboxylic acids is 1. The summed E-state index contributed by atoms with van der Waals surface area (Å²) < 4.78 is 0.807. The van der Waals surface area contributed by atoms with Crippen LogP contribution in [-0.2, 0) is 11.2 Å². The highest BCUT2D eigenvalue weighted by Gasteiger charge is 2.20. The number of thiazole rings is 1. The minimum absolute atomic E-state index is 0.0105. The molecule has 0 aliphatic rings. The van der Waals surface area contributed by atoms with Crippen LogP contribution in [0.3, 0.4) is 0 Å². The molecule has 0 spiro atoms. The molecule has 0 aliphatic carbocycles. The van der Waals surface area contributed by atoms with Gasteiger partial charge in [0.25, 0.3) is 5.69 Å². The lowest BCUT2D eigenvalue weighted by Gasteiger charge is -2.21. The van der Waals surface area contributed by atoms with E-state index >= 15 is 0 Å². The van der Waals surface area contributed by atoms with Crippen molar-refractivity contribution in [2.24, 2.45) is 0 Å². The predicted molar refractivity (Wildman–Crippen MR) is 131 cm³/mol. The van der Waals surface area contributed by atoms with Crippen LogP contribution < -0.4 is 5.32 Å². The molecular formula is C24H30N4O3S. The molecule has 0 fully saturated rings. The summed E-state index contributed by atoms with van der Waals surface area (Å²) >= 11 is 1.43. The molecule has 0 unspecified atom stereocenters. The average Bonchev–Trinajstić information content (AvgIpc) is 3.13. The summed E-state index contributed by atoms with van der Waals surface area (Å²) in [5.41, 5.74) is 5.54.